The normalized spacial score (nSPS) is 28.3. The third kappa shape index (κ3) is 1.81. The molecule has 1 atom stereocenters. The zero-order chi connectivity index (χ0) is 10.1. The van der Waals surface area contributed by atoms with Gasteiger partial charge in [-0.3, -0.25) is 10.6 Å². The molecule has 4 nitrogen and oxygen atoms in total. The maximum absolute atomic E-state index is 10.7. The van der Waals surface area contributed by atoms with E-state index in [1.54, 1.807) is 0 Å². The van der Waals surface area contributed by atoms with E-state index >= 15 is 0 Å². The van der Waals surface area contributed by atoms with Gasteiger partial charge in [-0.2, -0.15) is 0 Å². The largest absolute Gasteiger partial charge is 0.402 e. The Bertz CT molecular complexity index is 271. The summed E-state index contributed by atoms with van der Waals surface area (Å²) < 4.78 is 0. The maximum Gasteiger partial charge on any atom is 0.147 e. The SMILES string of the molecule is NC1=C(C=O)CC(N(N)C2CC2)CC1. The van der Waals surface area contributed by atoms with E-state index in [1.807, 2.05) is 5.01 Å². The van der Waals surface area contributed by atoms with Crippen LogP contribution in [0.3, 0.4) is 0 Å². The molecule has 4 heteroatoms. The van der Waals surface area contributed by atoms with Crippen molar-refractivity contribution >= 4 is 6.29 Å². The molecule has 78 valence electrons. The van der Waals surface area contributed by atoms with E-state index in [9.17, 15) is 4.79 Å². The lowest BCUT2D eigenvalue weighted by molar-refractivity contribution is -0.105. The molecule has 1 unspecified atom stereocenters. The summed E-state index contributed by atoms with van der Waals surface area (Å²) in [6, 6.07) is 0.863. The molecule has 0 saturated heterocycles. The minimum atomic E-state index is 0.315. The number of hydrogen-bond donors (Lipinski definition) is 2. The minimum absolute atomic E-state index is 0.315. The molecule has 2 aliphatic rings. The first-order valence-electron chi connectivity index (χ1n) is 5.18. The number of aldehydes is 1. The quantitative estimate of drug-likeness (QED) is 0.385. The molecule has 0 aromatic rings. The molecular formula is C10H17N3O. The van der Waals surface area contributed by atoms with Gasteiger partial charge in [-0.1, -0.05) is 0 Å². The van der Waals surface area contributed by atoms with E-state index < -0.39 is 0 Å². The van der Waals surface area contributed by atoms with Crippen molar-refractivity contribution in [2.24, 2.45) is 11.6 Å². The van der Waals surface area contributed by atoms with Gasteiger partial charge in [0.25, 0.3) is 0 Å². The molecule has 0 aliphatic heterocycles. The molecule has 4 N–H and O–H groups in total. The molecule has 0 amide bonds. The van der Waals surface area contributed by atoms with Crippen LogP contribution in [0.15, 0.2) is 11.3 Å². The molecule has 2 aliphatic carbocycles. The number of rotatable bonds is 3. The summed E-state index contributed by atoms with van der Waals surface area (Å²) in [4.78, 5) is 10.7. The van der Waals surface area contributed by atoms with Crippen LogP contribution in [-0.2, 0) is 4.79 Å². The van der Waals surface area contributed by atoms with Gasteiger partial charge in [0.15, 0.2) is 0 Å². The standard InChI is InChI=1S/C10H17N3O/c11-10-4-3-9(5-7(10)6-14)13(12)8-1-2-8/h6,8-9H,1-5,11-12H2. The van der Waals surface area contributed by atoms with Gasteiger partial charge in [-0.25, -0.2) is 5.01 Å². The van der Waals surface area contributed by atoms with Crippen molar-refractivity contribution in [1.82, 2.24) is 5.01 Å². The van der Waals surface area contributed by atoms with Gasteiger partial charge in [0.1, 0.15) is 6.29 Å². The van der Waals surface area contributed by atoms with E-state index in [0.717, 1.165) is 36.8 Å². The fraction of sp³-hybridized carbons (Fsp3) is 0.700. The Labute approximate surface area is 83.9 Å². The smallest absolute Gasteiger partial charge is 0.147 e. The summed E-state index contributed by atoms with van der Waals surface area (Å²) in [5.41, 5.74) is 7.23. The second-order valence-electron chi connectivity index (χ2n) is 4.24. The number of carbonyl (C=O) groups excluding carboxylic acids is 1. The van der Waals surface area contributed by atoms with E-state index in [4.69, 9.17) is 11.6 Å². The second-order valence-corrected chi connectivity index (χ2v) is 4.24. The average Bonchev–Trinajstić information content (AvgIpc) is 3.01. The van der Waals surface area contributed by atoms with E-state index in [2.05, 4.69) is 0 Å². The van der Waals surface area contributed by atoms with Crippen LogP contribution in [0.25, 0.3) is 0 Å². The van der Waals surface area contributed by atoms with Crippen LogP contribution in [0.1, 0.15) is 32.1 Å². The number of hydrazine groups is 1. The van der Waals surface area contributed by atoms with Crippen LogP contribution in [-0.4, -0.2) is 23.4 Å². The van der Waals surface area contributed by atoms with Crippen molar-refractivity contribution in [3.8, 4) is 0 Å². The van der Waals surface area contributed by atoms with Crippen LogP contribution in [0.5, 0.6) is 0 Å². The van der Waals surface area contributed by atoms with Gasteiger partial charge in [0.2, 0.25) is 0 Å². The Kier molecular flexibility index (Phi) is 2.56. The Balaban J connectivity index is 2.00. The van der Waals surface area contributed by atoms with Crippen LogP contribution < -0.4 is 11.6 Å². The van der Waals surface area contributed by atoms with Crippen molar-refractivity contribution in [2.45, 2.75) is 44.2 Å². The summed E-state index contributed by atoms with van der Waals surface area (Å²) in [5.74, 6) is 5.97. The Morgan fingerprint density at radius 2 is 2.00 bits per heavy atom. The summed E-state index contributed by atoms with van der Waals surface area (Å²) >= 11 is 0. The zero-order valence-corrected chi connectivity index (χ0v) is 8.28. The topological polar surface area (TPSA) is 72.4 Å². The third-order valence-electron chi connectivity index (χ3n) is 3.15. The van der Waals surface area contributed by atoms with Crippen LogP contribution in [0.4, 0.5) is 0 Å². The molecule has 0 heterocycles. The highest BCUT2D eigenvalue weighted by Crippen LogP contribution is 2.31. The molecule has 1 saturated carbocycles. The molecule has 0 spiro atoms. The van der Waals surface area contributed by atoms with Crippen LogP contribution in [0.2, 0.25) is 0 Å². The molecule has 2 rings (SSSR count). The highest BCUT2D eigenvalue weighted by molar-refractivity contribution is 5.74. The van der Waals surface area contributed by atoms with Gasteiger partial charge < -0.3 is 5.73 Å². The number of nitrogens with zero attached hydrogens (tertiary/aromatic N) is 1. The van der Waals surface area contributed by atoms with Crippen molar-refractivity contribution in [2.75, 3.05) is 0 Å². The summed E-state index contributed by atoms with van der Waals surface area (Å²) in [6.07, 6.45) is 5.78. The van der Waals surface area contributed by atoms with E-state index in [-0.39, 0.29) is 0 Å². The highest BCUT2D eigenvalue weighted by atomic mass is 16.1. The van der Waals surface area contributed by atoms with Crippen LogP contribution >= 0.6 is 0 Å². The first-order chi connectivity index (χ1) is 6.72. The van der Waals surface area contributed by atoms with Gasteiger partial charge in [0, 0.05) is 23.4 Å². The van der Waals surface area contributed by atoms with Crippen molar-refractivity contribution in [3.05, 3.63) is 11.3 Å². The first kappa shape index (κ1) is 9.68. The molecule has 0 aromatic heterocycles. The predicted octanol–water partition coefficient (Wildman–Crippen LogP) is 0.289. The first-order valence-corrected chi connectivity index (χ1v) is 5.18. The Morgan fingerprint density at radius 3 is 2.57 bits per heavy atom. The molecule has 0 bridgehead atoms. The van der Waals surface area contributed by atoms with Gasteiger partial charge in [0.05, 0.1) is 0 Å². The monoisotopic (exact) mass is 195 g/mol. The zero-order valence-electron chi connectivity index (χ0n) is 8.28. The predicted molar refractivity (Wildman–Crippen MR) is 54.0 cm³/mol. The minimum Gasteiger partial charge on any atom is -0.402 e. The highest BCUT2D eigenvalue weighted by Gasteiger charge is 2.33. The summed E-state index contributed by atoms with van der Waals surface area (Å²) in [6.45, 7) is 0. The average molecular weight is 195 g/mol. The third-order valence-corrected chi connectivity index (χ3v) is 3.15. The second kappa shape index (κ2) is 3.71. The summed E-state index contributed by atoms with van der Waals surface area (Å²) in [5, 5.41) is 1.93. The number of nitrogens with two attached hydrogens (primary N) is 2. The number of hydrogen-bond acceptors (Lipinski definition) is 4. The lowest BCUT2D eigenvalue weighted by Gasteiger charge is -2.31. The fourth-order valence-corrected chi connectivity index (χ4v) is 2.02. The lowest BCUT2D eigenvalue weighted by Crippen LogP contribution is -2.44. The summed E-state index contributed by atoms with van der Waals surface area (Å²) in [7, 11) is 0. The van der Waals surface area contributed by atoms with Crippen molar-refractivity contribution < 1.29 is 4.79 Å². The fourth-order valence-electron chi connectivity index (χ4n) is 2.02. The maximum atomic E-state index is 10.7. The molecule has 14 heavy (non-hydrogen) atoms. The number of carbonyl (C=O) groups is 1. The van der Waals surface area contributed by atoms with Gasteiger partial charge >= 0.3 is 0 Å². The molecule has 0 radical (unpaired) electrons. The Hall–Kier alpha value is -0.870. The van der Waals surface area contributed by atoms with Crippen molar-refractivity contribution in [3.63, 3.8) is 0 Å². The molecule has 1 fully saturated rings. The van der Waals surface area contributed by atoms with Gasteiger partial charge in [-0.15, -0.1) is 0 Å². The Morgan fingerprint density at radius 1 is 1.29 bits per heavy atom. The van der Waals surface area contributed by atoms with Gasteiger partial charge in [-0.05, 0) is 32.1 Å². The van der Waals surface area contributed by atoms with E-state index in [1.165, 1.54) is 12.8 Å². The van der Waals surface area contributed by atoms with Crippen LogP contribution in [0, 0.1) is 0 Å². The number of allylic oxidation sites excluding steroid dienone is 1. The van der Waals surface area contributed by atoms with Crippen molar-refractivity contribution in [1.29, 1.82) is 0 Å². The molecule has 0 aromatic carbocycles. The molecular weight excluding hydrogens is 178 g/mol. The van der Waals surface area contributed by atoms with E-state index in [0.29, 0.717) is 12.1 Å². The lowest BCUT2D eigenvalue weighted by atomic mass is 9.92.